The minimum absolute atomic E-state index is 0.252. The molecule has 0 aliphatic carbocycles. The van der Waals surface area contributed by atoms with Gasteiger partial charge in [0.1, 0.15) is 0 Å². The van der Waals surface area contributed by atoms with Crippen molar-refractivity contribution in [3.8, 4) is 0 Å². The normalized spacial score (nSPS) is 11.1. The number of unbranched alkanes of at least 4 members (excludes halogenated alkanes) is 1. The van der Waals surface area contributed by atoms with E-state index in [1.165, 1.54) is 5.56 Å². The van der Waals surface area contributed by atoms with Crippen molar-refractivity contribution < 1.29 is 4.79 Å². The molecule has 0 spiro atoms. The standard InChI is InChI=1S/C18H30N2O/c1-5-6-13-19(4)18(21)12-14-20(16(2)3)15-17-10-8-7-9-11-17/h7-11,16H,5-6,12-15H2,1-4H3. The highest BCUT2D eigenvalue weighted by molar-refractivity contribution is 5.76. The van der Waals surface area contributed by atoms with Crippen LogP contribution in [0.1, 0.15) is 45.6 Å². The van der Waals surface area contributed by atoms with Gasteiger partial charge in [-0.15, -0.1) is 0 Å². The summed E-state index contributed by atoms with van der Waals surface area (Å²) < 4.78 is 0. The van der Waals surface area contributed by atoms with Crippen LogP contribution in [0, 0.1) is 0 Å². The Kier molecular flexibility index (Phi) is 8.06. The fraction of sp³-hybridized carbons (Fsp3) is 0.611. The third kappa shape index (κ3) is 6.76. The number of benzene rings is 1. The summed E-state index contributed by atoms with van der Waals surface area (Å²) in [6.45, 7) is 9.13. The summed E-state index contributed by atoms with van der Waals surface area (Å²) in [5.74, 6) is 0.252. The van der Waals surface area contributed by atoms with E-state index in [4.69, 9.17) is 0 Å². The van der Waals surface area contributed by atoms with Crippen molar-refractivity contribution in [1.29, 1.82) is 0 Å². The van der Waals surface area contributed by atoms with Gasteiger partial charge in [-0.1, -0.05) is 43.7 Å². The molecule has 1 rings (SSSR count). The molecule has 1 aromatic rings. The van der Waals surface area contributed by atoms with Gasteiger partial charge in [-0.2, -0.15) is 0 Å². The molecule has 0 aliphatic heterocycles. The van der Waals surface area contributed by atoms with Gasteiger partial charge < -0.3 is 4.90 Å². The average molecular weight is 290 g/mol. The molecule has 1 amide bonds. The molecule has 0 heterocycles. The van der Waals surface area contributed by atoms with Gasteiger partial charge in [0, 0.05) is 39.1 Å². The van der Waals surface area contributed by atoms with Crippen LogP contribution in [0.2, 0.25) is 0 Å². The van der Waals surface area contributed by atoms with Crippen LogP contribution in [0.15, 0.2) is 30.3 Å². The van der Waals surface area contributed by atoms with E-state index in [0.29, 0.717) is 12.5 Å². The Balaban J connectivity index is 2.46. The van der Waals surface area contributed by atoms with Crippen LogP contribution in [-0.2, 0) is 11.3 Å². The number of carbonyl (C=O) groups is 1. The first kappa shape index (κ1) is 17.7. The highest BCUT2D eigenvalue weighted by Crippen LogP contribution is 2.09. The molecule has 0 N–H and O–H groups in total. The maximum Gasteiger partial charge on any atom is 0.223 e. The van der Waals surface area contributed by atoms with Crippen LogP contribution in [0.4, 0.5) is 0 Å². The Bertz CT molecular complexity index is 403. The average Bonchev–Trinajstić information content (AvgIpc) is 2.49. The van der Waals surface area contributed by atoms with Crippen molar-refractivity contribution in [3.63, 3.8) is 0 Å². The molecule has 3 heteroatoms. The van der Waals surface area contributed by atoms with Crippen molar-refractivity contribution in [2.45, 2.75) is 52.6 Å². The zero-order valence-electron chi connectivity index (χ0n) is 14.0. The van der Waals surface area contributed by atoms with Gasteiger partial charge in [-0.25, -0.2) is 0 Å². The molecular formula is C18H30N2O. The zero-order valence-corrected chi connectivity index (χ0v) is 14.0. The van der Waals surface area contributed by atoms with Gasteiger partial charge in [0.15, 0.2) is 0 Å². The van der Waals surface area contributed by atoms with Crippen LogP contribution >= 0.6 is 0 Å². The van der Waals surface area contributed by atoms with E-state index in [9.17, 15) is 4.79 Å². The molecule has 0 saturated carbocycles. The molecule has 0 aliphatic rings. The maximum absolute atomic E-state index is 12.1. The first-order valence-corrected chi connectivity index (χ1v) is 8.06. The first-order valence-electron chi connectivity index (χ1n) is 8.06. The Morgan fingerprint density at radius 3 is 2.38 bits per heavy atom. The molecule has 0 bridgehead atoms. The van der Waals surface area contributed by atoms with Crippen molar-refractivity contribution in [2.75, 3.05) is 20.1 Å². The van der Waals surface area contributed by atoms with Gasteiger partial charge >= 0.3 is 0 Å². The summed E-state index contributed by atoms with van der Waals surface area (Å²) >= 11 is 0. The van der Waals surface area contributed by atoms with Crippen LogP contribution in [0.5, 0.6) is 0 Å². The molecular weight excluding hydrogens is 260 g/mol. The van der Waals surface area contributed by atoms with E-state index in [-0.39, 0.29) is 5.91 Å². The van der Waals surface area contributed by atoms with Gasteiger partial charge in [0.2, 0.25) is 5.91 Å². The summed E-state index contributed by atoms with van der Waals surface area (Å²) in [4.78, 5) is 16.4. The second kappa shape index (κ2) is 9.56. The molecule has 0 atom stereocenters. The van der Waals surface area contributed by atoms with Gasteiger partial charge in [-0.3, -0.25) is 9.69 Å². The van der Waals surface area contributed by atoms with Gasteiger partial charge in [0.05, 0.1) is 0 Å². The summed E-state index contributed by atoms with van der Waals surface area (Å²) in [6, 6.07) is 10.9. The number of hydrogen-bond acceptors (Lipinski definition) is 2. The molecule has 21 heavy (non-hydrogen) atoms. The van der Waals surface area contributed by atoms with E-state index in [1.54, 1.807) is 0 Å². The Morgan fingerprint density at radius 1 is 1.14 bits per heavy atom. The van der Waals surface area contributed by atoms with E-state index < -0.39 is 0 Å². The molecule has 0 aromatic heterocycles. The SMILES string of the molecule is CCCCN(C)C(=O)CCN(Cc1ccccc1)C(C)C. The summed E-state index contributed by atoms with van der Waals surface area (Å²) in [5, 5.41) is 0. The highest BCUT2D eigenvalue weighted by atomic mass is 16.2. The molecule has 0 fully saturated rings. The smallest absolute Gasteiger partial charge is 0.223 e. The molecule has 0 radical (unpaired) electrons. The second-order valence-electron chi connectivity index (χ2n) is 5.97. The predicted molar refractivity (Wildman–Crippen MR) is 89.2 cm³/mol. The van der Waals surface area contributed by atoms with Crippen LogP contribution in [0.3, 0.4) is 0 Å². The van der Waals surface area contributed by atoms with Gasteiger partial charge in [-0.05, 0) is 25.8 Å². The highest BCUT2D eigenvalue weighted by Gasteiger charge is 2.14. The van der Waals surface area contributed by atoms with Crippen molar-refractivity contribution in [2.24, 2.45) is 0 Å². The fourth-order valence-electron chi connectivity index (χ4n) is 2.29. The molecule has 0 unspecified atom stereocenters. The lowest BCUT2D eigenvalue weighted by atomic mass is 10.2. The maximum atomic E-state index is 12.1. The van der Waals surface area contributed by atoms with E-state index in [0.717, 1.165) is 32.5 Å². The third-order valence-corrected chi connectivity index (χ3v) is 3.84. The summed E-state index contributed by atoms with van der Waals surface area (Å²) in [6.07, 6.45) is 2.81. The Hall–Kier alpha value is -1.35. The van der Waals surface area contributed by atoms with Crippen molar-refractivity contribution >= 4 is 5.91 Å². The Labute approximate surface area is 129 Å². The van der Waals surface area contributed by atoms with Crippen molar-refractivity contribution in [3.05, 3.63) is 35.9 Å². The van der Waals surface area contributed by atoms with E-state index >= 15 is 0 Å². The van der Waals surface area contributed by atoms with E-state index in [2.05, 4.69) is 49.9 Å². The van der Waals surface area contributed by atoms with Crippen LogP contribution in [0.25, 0.3) is 0 Å². The molecule has 1 aromatic carbocycles. The topological polar surface area (TPSA) is 23.6 Å². The largest absolute Gasteiger partial charge is 0.346 e. The summed E-state index contributed by atoms with van der Waals surface area (Å²) in [5.41, 5.74) is 1.30. The number of rotatable bonds is 9. The molecule has 3 nitrogen and oxygen atoms in total. The number of hydrogen-bond donors (Lipinski definition) is 0. The fourth-order valence-corrected chi connectivity index (χ4v) is 2.29. The predicted octanol–water partition coefficient (Wildman–Crippen LogP) is 3.55. The van der Waals surface area contributed by atoms with Crippen LogP contribution < -0.4 is 0 Å². The number of carbonyl (C=O) groups excluding carboxylic acids is 1. The minimum Gasteiger partial charge on any atom is -0.346 e. The minimum atomic E-state index is 0.252. The molecule has 0 saturated heterocycles. The Morgan fingerprint density at radius 2 is 1.81 bits per heavy atom. The first-order chi connectivity index (χ1) is 10.0. The lowest BCUT2D eigenvalue weighted by Crippen LogP contribution is -2.35. The van der Waals surface area contributed by atoms with Gasteiger partial charge in [0.25, 0.3) is 0 Å². The number of nitrogens with zero attached hydrogens (tertiary/aromatic N) is 2. The zero-order chi connectivity index (χ0) is 15.7. The van der Waals surface area contributed by atoms with Crippen molar-refractivity contribution in [1.82, 2.24) is 9.80 Å². The third-order valence-electron chi connectivity index (χ3n) is 3.84. The second-order valence-corrected chi connectivity index (χ2v) is 5.97. The lowest BCUT2D eigenvalue weighted by Gasteiger charge is -2.27. The summed E-state index contributed by atoms with van der Waals surface area (Å²) in [7, 11) is 1.91. The lowest BCUT2D eigenvalue weighted by molar-refractivity contribution is -0.130. The quantitative estimate of drug-likeness (QED) is 0.694. The van der Waals surface area contributed by atoms with E-state index in [1.807, 2.05) is 18.0 Å². The molecule has 118 valence electrons. The van der Waals surface area contributed by atoms with Crippen LogP contribution in [-0.4, -0.2) is 41.9 Å². The number of amides is 1. The monoisotopic (exact) mass is 290 g/mol.